The lowest BCUT2D eigenvalue weighted by molar-refractivity contribution is 0.0596. The van der Waals surface area contributed by atoms with Crippen molar-refractivity contribution in [1.29, 1.82) is 0 Å². The van der Waals surface area contributed by atoms with E-state index in [2.05, 4.69) is 30.5 Å². The van der Waals surface area contributed by atoms with Crippen molar-refractivity contribution >= 4 is 39.2 Å². The molecule has 142 valence electrons. The highest BCUT2D eigenvalue weighted by atomic mass is 16.5. The van der Waals surface area contributed by atoms with E-state index >= 15 is 0 Å². The molecular weight excluding hydrogens is 372 g/mol. The zero-order valence-electron chi connectivity index (χ0n) is 15.2. The second-order valence-corrected chi connectivity index (χ2v) is 6.17. The highest BCUT2D eigenvalue weighted by Crippen LogP contribution is 2.39. The highest BCUT2D eigenvalue weighted by molar-refractivity contribution is 6.09. The molecule has 0 unspecified atom stereocenters. The Kier molecular flexibility index (Phi) is 3.91. The van der Waals surface area contributed by atoms with Gasteiger partial charge in [-0.1, -0.05) is 6.07 Å². The van der Waals surface area contributed by atoms with E-state index in [9.17, 15) is 4.79 Å². The third-order valence-corrected chi connectivity index (χ3v) is 4.49. The summed E-state index contributed by atoms with van der Waals surface area (Å²) in [5.74, 6) is 0.367. The largest absolute Gasteiger partial charge is 0.464 e. The Labute approximate surface area is 163 Å². The Hall–Kier alpha value is -4.27. The molecule has 0 spiro atoms. The molecule has 0 saturated heterocycles. The Bertz CT molecular complexity index is 1340. The molecule has 5 rings (SSSR count). The van der Waals surface area contributed by atoms with Gasteiger partial charge in [0, 0.05) is 24.0 Å². The molecule has 0 atom stereocenters. The van der Waals surface area contributed by atoms with Gasteiger partial charge in [-0.25, -0.2) is 14.8 Å². The van der Waals surface area contributed by atoms with Gasteiger partial charge in [0.05, 0.1) is 35.6 Å². The van der Waals surface area contributed by atoms with E-state index in [1.54, 1.807) is 30.9 Å². The SMILES string of the molecule is COC(=O)c1n[nH]c2cccc(Nc3c(-c4ncccn4)oc4cnccc34)c12. The van der Waals surface area contributed by atoms with Crippen LogP contribution in [0.1, 0.15) is 10.5 Å². The standard InChI is InChI=1S/C20H14N6O3/c1-28-20(27)17-15-12(4-2-5-13(15)25-26-17)24-16-11-6-9-21-10-14(11)29-18(16)19-22-7-3-8-23-19/h2-10,24H,1H3,(H,25,26). The van der Waals surface area contributed by atoms with Crippen LogP contribution in [0, 0.1) is 0 Å². The number of ether oxygens (including phenoxy) is 1. The number of esters is 1. The first-order valence-electron chi connectivity index (χ1n) is 8.72. The minimum Gasteiger partial charge on any atom is -0.464 e. The first kappa shape index (κ1) is 16.9. The Morgan fingerprint density at radius 3 is 2.83 bits per heavy atom. The van der Waals surface area contributed by atoms with Crippen LogP contribution < -0.4 is 5.32 Å². The fraction of sp³-hybridized carbons (Fsp3) is 0.0500. The van der Waals surface area contributed by atoms with Crippen LogP contribution in [-0.4, -0.2) is 38.2 Å². The molecule has 0 amide bonds. The van der Waals surface area contributed by atoms with E-state index in [1.165, 1.54) is 7.11 Å². The Balaban J connectivity index is 1.72. The average molecular weight is 386 g/mol. The summed E-state index contributed by atoms with van der Waals surface area (Å²) in [6, 6.07) is 9.10. The number of fused-ring (bicyclic) bond motifs is 2. The summed E-state index contributed by atoms with van der Waals surface area (Å²) in [4.78, 5) is 24.9. The number of methoxy groups -OCH3 is 1. The van der Waals surface area contributed by atoms with Crippen LogP contribution in [0.2, 0.25) is 0 Å². The molecule has 0 saturated carbocycles. The number of carbonyl (C=O) groups excluding carboxylic acids is 1. The molecule has 0 aliphatic carbocycles. The number of hydrogen-bond donors (Lipinski definition) is 2. The van der Waals surface area contributed by atoms with Crippen molar-refractivity contribution in [2.45, 2.75) is 0 Å². The van der Waals surface area contributed by atoms with Gasteiger partial charge in [-0.2, -0.15) is 5.10 Å². The number of rotatable bonds is 4. The van der Waals surface area contributed by atoms with Gasteiger partial charge in [0.15, 0.2) is 22.9 Å². The average Bonchev–Trinajstić information content (AvgIpc) is 3.37. The molecule has 5 aromatic rings. The minimum atomic E-state index is -0.529. The highest BCUT2D eigenvalue weighted by Gasteiger charge is 2.22. The molecule has 9 nitrogen and oxygen atoms in total. The van der Waals surface area contributed by atoms with E-state index in [1.807, 2.05) is 24.3 Å². The van der Waals surface area contributed by atoms with Crippen molar-refractivity contribution < 1.29 is 13.9 Å². The smallest absolute Gasteiger partial charge is 0.359 e. The maximum absolute atomic E-state index is 12.2. The van der Waals surface area contributed by atoms with Crippen LogP contribution in [-0.2, 0) is 4.74 Å². The fourth-order valence-corrected chi connectivity index (χ4v) is 3.20. The molecule has 4 heterocycles. The van der Waals surface area contributed by atoms with Crippen molar-refractivity contribution in [3.05, 3.63) is 60.8 Å². The van der Waals surface area contributed by atoms with Gasteiger partial charge in [0.25, 0.3) is 0 Å². The van der Waals surface area contributed by atoms with Crippen molar-refractivity contribution in [1.82, 2.24) is 25.1 Å². The van der Waals surface area contributed by atoms with Gasteiger partial charge in [0.2, 0.25) is 0 Å². The maximum atomic E-state index is 12.2. The second-order valence-electron chi connectivity index (χ2n) is 6.17. The Morgan fingerprint density at radius 1 is 1.14 bits per heavy atom. The molecule has 2 N–H and O–H groups in total. The molecule has 0 radical (unpaired) electrons. The lowest BCUT2D eigenvalue weighted by Crippen LogP contribution is -2.03. The molecule has 0 aliphatic rings. The van der Waals surface area contributed by atoms with Crippen molar-refractivity contribution in [2.24, 2.45) is 0 Å². The van der Waals surface area contributed by atoms with Crippen LogP contribution in [0.15, 0.2) is 59.5 Å². The maximum Gasteiger partial charge on any atom is 0.359 e. The van der Waals surface area contributed by atoms with Crippen LogP contribution in [0.25, 0.3) is 33.5 Å². The van der Waals surface area contributed by atoms with E-state index in [0.29, 0.717) is 39.4 Å². The van der Waals surface area contributed by atoms with Crippen LogP contribution >= 0.6 is 0 Å². The topological polar surface area (TPSA) is 119 Å². The summed E-state index contributed by atoms with van der Waals surface area (Å²) in [5, 5.41) is 11.8. The van der Waals surface area contributed by atoms with E-state index in [0.717, 1.165) is 5.39 Å². The molecule has 0 aliphatic heterocycles. The summed E-state index contributed by atoms with van der Waals surface area (Å²) in [6.45, 7) is 0. The molecule has 0 bridgehead atoms. The number of aromatic nitrogens is 5. The third kappa shape index (κ3) is 2.76. The van der Waals surface area contributed by atoms with Crippen molar-refractivity contribution in [3.8, 4) is 11.6 Å². The fourth-order valence-electron chi connectivity index (χ4n) is 3.20. The molecule has 4 aromatic heterocycles. The first-order chi connectivity index (χ1) is 14.3. The van der Waals surface area contributed by atoms with Crippen molar-refractivity contribution in [3.63, 3.8) is 0 Å². The molecule has 29 heavy (non-hydrogen) atoms. The van der Waals surface area contributed by atoms with Crippen molar-refractivity contribution in [2.75, 3.05) is 12.4 Å². The lowest BCUT2D eigenvalue weighted by atomic mass is 10.1. The number of anilines is 2. The van der Waals surface area contributed by atoms with Gasteiger partial charge < -0.3 is 14.5 Å². The summed E-state index contributed by atoms with van der Waals surface area (Å²) in [6.07, 6.45) is 6.59. The second kappa shape index (κ2) is 6.71. The zero-order chi connectivity index (χ0) is 19.8. The number of hydrogen-bond acceptors (Lipinski definition) is 8. The van der Waals surface area contributed by atoms with Crippen LogP contribution in [0.5, 0.6) is 0 Å². The van der Waals surface area contributed by atoms with E-state index < -0.39 is 5.97 Å². The summed E-state index contributed by atoms with van der Waals surface area (Å²) < 4.78 is 10.8. The summed E-state index contributed by atoms with van der Waals surface area (Å²) in [7, 11) is 1.32. The lowest BCUT2D eigenvalue weighted by Gasteiger charge is -2.09. The number of aromatic amines is 1. The summed E-state index contributed by atoms with van der Waals surface area (Å²) >= 11 is 0. The van der Waals surface area contributed by atoms with Gasteiger partial charge >= 0.3 is 5.97 Å². The zero-order valence-corrected chi connectivity index (χ0v) is 15.2. The third-order valence-electron chi connectivity index (χ3n) is 4.49. The minimum absolute atomic E-state index is 0.192. The molecular formula is C20H14N6O3. The number of H-pyrrole nitrogens is 1. The quantitative estimate of drug-likeness (QED) is 0.449. The molecule has 1 aromatic carbocycles. The van der Waals surface area contributed by atoms with Gasteiger partial charge in [0.1, 0.15) is 0 Å². The van der Waals surface area contributed by atoms with Gasteiger partial charge in [-0.3, -0.25) is 10.1 Å². The van der Waals surface area contributed by atoms with Crippen LogP contribution in [0.3, 0.4) is 0 Å². The predicted octanol–water partition coefficient (Wildman–Crippen LogP) is 3.69. The number of benzene rings is 1. The van der Waals surface area contributed by atoms with Gasteiger partial charge in [-0.15, -0.1) is 0 Å². The number of nitrogens with one attached hydrogen (secondary N) is 2. The first-order valence-corrected chi connectivity index (χ1v) is 8.72. The van der Waals surface area contributed by atoms with E-state index in [-0.39, 0.29) is 5.69 Å². The van der Waals surface area contributed by atoms with Gasteiger partial charge in [-0.05, 0) is 24.3 Å². The molecule has 9 heteroatoms. The normalized spacial score (nSPS) is 11.1. The number of pyridine rings is 1. The number of nitrogens with zero attached hydrogens (tertiary/aromatic N) is 4. The monoisotopic (exact) mass is 386 g/mol. The number of carbonyl (C=O) groups is 1. The molecule has 0 fully saturated rings. The van der Waals surface area contributed by atoms with E-state index in [4.69, 9.17) is 9.15 Å². The predicted molar refractivity (Wildman–Crippen MR) is 106 cm³/mol. The van der Waals surface area contributed by atoms with Crippen LogP contribution in [0.4, 0.5) is 11.4 Å². The number of furan rings is 1. The Morgan fingerprint density at radius 2 is 2.00 bits per heavy atom. The summed E-state index contributed by atoms with van der Waals surface area (Å²) in [5.41, 5.74) is 2.80.